The van der Waals surface area contributed by atoms with Crippen LogP contribution in [0.2, 0.25) is 0 Å². The van der Waals surface area contributed by atoms with Crippen molar-refractivity contribution in [2.75, 3.05) is 6.54 Å². The van der Waals surface area contributed by atoms with Gasteiger partial charge in [0.2, 0.25) is 0 Å². The number of nitrogens with zero attached hydrogens (tertiary/aromatic N) is 3. The molecule has 0 fully saturated rings. The Morgan fingerprint density at radius 1 is 1.33 bits per heavy atom. The Hall–Kier alpha value is -1.33. The summed E-state index contributed by atoms with van der Waals surface area (Å²) in [4.78, 5) is 12.9. The molecule has 0 aliphatic rings. The summed E-state index contributed by atoms with van der Waals surface area (Å²) in [5.74, 6) is 0.708. The topological polar surface area (TPSA) is 50.7 Å². The predicted octanol–water partition coefficient (Wildman–Crippen LogP) is 2.80. The smallest absolute Gasteiger partial charge is 0.161 e. The normalized spacial score (nSPS) is 10.6. The zero-order valence-corrected chi connectivity index (χ0v) is 11.8. The monoisotopic (exact) mass is 306 g/mol. The van der Waals surface area contributed by atoms with Crippen molar-refractivity contribution in [3.05, 3.63) is 40.9 Å². The molecule has 18 heavy (non-hydrogen) atoms. The SMILES string of the molecule is CCCNCc1ccnc(-c2cncc(Br)c2)n1. The second-order valence-electron chi connectivity index (χ2n) is 3.94. The summed E-state index contributed by atoms with van der Waals surface area (Å²) in [5, 5.41) is 3.33. The number of aromatic nitrogens is 3. The molecule has 0 amide bonds. The third-order valence-electron chi connectivity index (χ3n) is 2.41. The first kappa shape index (κ1) is 13.1. The Bertz CT molecular complexity index is 516. The molecule has 1 N–H and O–H groups in total. The fourth-order valence-electron chi connectivity index (χ4n) is 1.56. The van der Waals surface area contributed by atoms with Gasteiger partial charge in [0.05, 0.1) is 5.69 Å². The van der Waals surface area contributed by atoms with Gasteiger partial charge in [0.25, 0.3) is 0 Å². The van der Waals surface area contributed by atoms with Crippen LogP contribution in [-0.2, 0) is 6.54 Å². The van der Waals surface area contributed by atoms with Crippen molar-refractivity contribution >= 4 is 15.9 Å². The Morgan fingerprint density at radius 2 is 2.22 bits per heavy atom. The van der Waals surface area contributed by atoms with Gasteiger partial charge in [-0.05, 0) is 41.0 Å². The largest absolute Gasteiger partial charge is 0.311 e. The van der Waals surface area contributed by atoms with Crippen LogP contribution in [0, 0.1) is 0 Å². The van der Waals surface area contributed by atoms with Crippen LogP contribution in [0.4, 0.5) is 0 Å². The lowest BCUT2D eigenvalue weighted by Gasteiger charge is -2.05. The van der Waals surface area contributed by atoms with Gasteiger partial charge < -0.3 is 5.32 Å². The lowest BCUT2D eigenvalue weighted by atomic mass is 10.2. The van der Waals surface area contributed by atoms with E-state index in [1.807, 2.05) is 12.1 Å². The Balaban J connectivity index is 2.16. The minimum absolute atomic E-state index is 0.708. The van der Waals surface area contributed by atoms with Crippen LogP contribution in [0.15, 0.2) is 35.2 Å². The highest BCUT2D eigenvalue weighted by Crippen LogP contribution is 2.18. The highest BCUT2D eigenvalue weighted by atomic mass is 79.9. The molecule has 4 nitrogen and oxygen atoms in total. The number of pyridine rings is 1. The number of hydrogen-bond donors (Lipinski definition) is 1. The summed E-state index contributed by atoms with van der Waals surface area (Å²) < 4.78 is 0.929. The van der Waals surface area contributed by atoms with Crippen molar-refractivity contribution in [3.8, 4) is 11.4 Å². The molecule has 0 aliphatic carbocycles. The van der Waals surface area contributed by atoms with Crippen molar-refractivity contribution in [1.82, 2.24) is 20.3 Å². The van der Waals surface area contributed by atoms with E-state index in [4.69, 9.17) is 0 Å². The van der Waals surface area contributed by atoms with Gasteiger partial charge in [-0.2, -0.15) is 0 Å². The minimum atomic E-state index is 0.708. The average Bonchev–Trinajstić information content (AvgIpc) is 2.39. The maximum absolute atomic E-state index is 4.52. The van der Waals surface area contributed by atoms with Crippen molar-refractivity contribution < 1.29 is 0 Å². The first-order chi connectivity index (χ1) is 8.79. The Morgan fingerprint density at radius 3 is 3.00 bits per heavy atom. The molecule has 0 saturated heterocycles. The molecule has 2 heterocycles. The standard InChI is InChI=1S/C13H15BrN4/c1-2-4-15-9-12-3-5-17-13(18-12)10-6-11(14)8-16-7-10/h3,5-8,15H,2,4,9H2,1H3. The van der Waals surface area contributed by atoms with Gasteiger partial charge in [0.1, 0.15) is 0 Å². The van der Waals surface area contributed by atoms with Crippen molar-refractivity contribution in [1.29, 1.82) is 0 Å². The molecule has 2 aromatic heterocycles. The van der Waals surface area contributed by atoms with E-state index in [1.165, 1.54) is 0 Å². The maximum Gasteiger partial charge on any atom is 0.161 e. The van der Waals surface area contributed by atoms with Crippen LogP contribution in [0.5, 0.6) is 0 Å². The van der Waals surface area contributed by atoms with E-state index in [-0.39, 0.29) is 0 Å². The number of hydrogen-bond acceptors (Lipinski definition) is 4. The van der Waals surface area contributed by atoms with Crippen LogP contribution in [0.25, 0.3) is 11.4 Å². The van der Waals surface area contributed by atoms with Crippen molar-refractivity contribution in [3.63, 3.8) is 0 Å². The first-order valence-electron chi connectivity index (χ1n) is 5.93. The van der Waals surface area contributed by atoms with Gasteiger partial charge in [-0.15, -0.1) is 0 Å². The van der Waals surface area contributed by atoms with Crippen LogP contribution in [0.3, 0.4) is 0 Å². The van der Waals surface area contributed by atoms with E-state index in [2.05, 4.69) is 43.1 Å². The fourth-order valence-corrected chi connectivity index (χ4v) is 1.93. The second-order valence-corrected chi connectivity index (χ2v) is 4.86. The Kier molecular flexibility index (Phi) is 4.78. The molecule has 0 aliphatic heterocycles. The van der Waals surface area contributed by atoms with E-state index in [0.717, 1.165) is 35.2 Å². The summed E-state index contributed by atoms with van der Waals surface area (Å²) in [5.41, 5.74) is 1.91. The summed E-state index contributed by atoms with van der Waals surface area (Å²) in [6.45, 7) is 3.91. The summed E-state index contributed by atoms with van der Waals surface area (Å²) in [7, 11) is 0. The Labute approximate surface area is 115 Å². The predicted molar refractivity (Wildman–Crippen MR) is 75.0 cm³/mol. The van der Waals surface area contributed by atoms with Crippen molar-refractivity contribution in [2.24, 2.45) is 0 Å². The van der Waals surface area contributed by atoms with E-state index in [1.54, 1.807) is 18.6 Å². The lowest BCUT2D eigenvalue weighted by Crippen LogP contribution is -2.15. The number of rotatable bonds is 5. The molecular weight excluding hydrogens is 292 g/mol. The second kappa shape index (κ2) is 6.56. The number of nitrogens with one attached hydrogen (secondary N) is 1. The molecule has 0 spiro atoms. The zero-order valence-electron chi connectivity index (χ0n) is 10.2. The summed E-state index contributed by atoms with van der Waals surface area (Å²) >= 11 is 3.40. The summed E-state index contributed by atoms with van der Waals surface area (Å²) in [6, 6.07) is 3.89. The van der Waals surface area contributed by atoms with Crippen molar-refractivity contribution in [2.45, 2.75) is 19.9 Å². The van der Waals surface area contributed by atoms with E-state index < -0.39 is 0 Å². The van der Waals surface area contributed by atoms with Crippen LogP contribution < -0.4 is 5.32 Å². The summed E-state index contributed by atoms with van der Waals surface area (Å²) in [6.07, 6.45) is 6.42. The molecule has 0 unspecified atom stereocenters. The van der Waals surface area contributed by atoms with E-state index in [0.29, 0.717) is 5.82 Å². The number of halogens is 1. The molecule has 2 rings (SSSR count). The van der Waals surface area contributed by atoms with E-state index in [9.17, 15) is 0 Å². The fraction of sp³-hybridized carbons (Fsp3) is 0.308. The molecular formula is C13H15BrN4. The molecule has 5 heteroatoms. The van der Waals surface area contributed by atoms with E-state index >= 15 is 0 Å². The van der Waals surface area contributed by atoms with Gasteiger partial charge in [0, 0.05) is 35.2 Å². The molecule has 0 saturated carbocycles. The quantitative estimate of drug-likeness (QED) is 0.863. The van der Waals surface area contributed by atoms with Crippen LogP contribution in [0.1, 0.15) is 19.0 Å². The van der Waals surface area contributed by atoms with Gasteiger partial charge in [-0.1, -0.05) is 6.92 Å². The molecule has 94 valence electrons. The van der Waals surface area contributed by atoms with Gasteiger partial charge in [0.15, 0.2) is 5.82 Å². The van der Waals surface area contributed by atoms with Gasteiger partial charge in [-0.25, -0.2) is 9.97 Å². The molecule has 0 aromatic carbocycles. The zero-order chi connectivity index (χ0) is 12.8. The van der Waals surface area contributed by atoms with Gasteiger partial charge in [-0.3, -0.25) is 4.98 Å². The van der Waals surface area contributed by atoms with Gasteiger partial charge >= 0.3 is 0 Å². The third-order valence-corrected chi connectivity index (χ3v) is 2.84. The minimum Gasteiger partial charge on any atom is -0.311 e. The highest BCUT2D eigenvalue weighted by molar-refractivity contribution is 9.10. The first-order valence-corrected chi connectivity index (χ1v) is 6.72. The van der Waals surface area contributed by atoms with Crippen LogP contribution in [-0.4, -0.2) is 21.5 Å². The lowest BCUT2D eigenvalue weighted by molar-refractivity contribution is 0.663. The molecule has 0 atom stereocenters. The molecule has 0 bridgehead atoms. The molecule has 0 radical (unpaired) electrons. The highest BCUT2D eigenvalue weighted by Gasteiger charge is 2.03. The average molecular weight is 307 g/mol. The molecule has 2 aromatic rings. The maximum atomic E-state index is 4.52. The third kappa shape index (κ3) is 3.58. The van der Waals surface area contributed by atoms with Crippen LogP contribution >= 0.6 is 15.9 Å².